The van der Waals surface area contributed by atoms with Crippen molar-refractivity contribution in [1.29, 1.82) is 0 Å². The molecule has 1 N–H and O–H groups in total. The van der Waals surface area contributed by atoms with Crippen molar-refractivity contribution in [2.75, 3.05) is 0 Å². The molecule has 0 bridgehead atoms. The number of carboxylic acid groups (broad SMARTS) is 1. The Balaban J connectivity index is 1.99. The summed E-state index contributed by atoms with van der Waals surface area (Å²) < 4.78 is 40.7. The summed E-state index contributed by atoms with van der Waals surface area (Å²) in [7, 11) is 0. The minimum atomic E-state index is -4.72. The lowest BCUT2D eigenvalue weighted by molar-refractivity contribution is -0.152. The van der Waals surface area contributed by atoms with E-state index in [1.165, 1.54) is 19.1 Å². The van der Waals surface area contributed by atoms with Crippen LogP contribution >= 0.6 is 0 Å². The minimum absolute atomic E-state index is 0.131. The molecule has 1 saturated carbocycles. The molecule has 0 spiro atoms. The summed E-state index contributed by atoms with van der Waals surface area (Å²) in [5.41, 5.74) is 0.314. The number of aromatic nitrogens is 2. The summed E-state index contributed by atoms with van der Waals surface area (Å²) >= 11 is 0. The number of fused-ring (bicyclic) bond motifs is 1. The van der Waals surface area contributed by atoms with Crippen molar-refractivity contribution in [2.45, 2.75) is 44.6 Å². The van der Waals surface area contributed by atoms with Crippen LogP contribution < -0.4 is 0 Å². The number of hydrogen-bond donors (Lipinski definition) is 1. The third kappa shape index (κ3) is 3.31. The summed E-state index contributed by atoms with van der Waals surface area (Å²) in [5.74, 6) is -3.02. The fraction of sp³-hybridized carbons (Fsp3) is 0.438. The van der Waals surface area contributed by atoms with E-state index in [0.717, 1.165) is 9.47 Å². The molecular weight excluding hydrogens is 339 g/mol. The Morgan fingerprint density at radius 1 is 1.36 bits per heavy atom. The first-order valence-corrected chi connectivity index (χ1v) is 7.76. The largest absolute Gasteiger partial charge is 0.480 e. The highest BCUT2D eigenvalue weighted by Crippen LogP contribution is 2.33. The van der Waals surface area contributed by atoms with Gasteiger partial charge in [0.25, 0.3) is 0 Å². The quantitative estimate of drug-likeness (QED) is 0.894. The predicted molar refractivity (Wildman–Crippen MR) is 81.7 cm³/mol. The Labute approximate surface area is 140 Å². The van der Waals surface area contributed by atoms with E-state index in [0.29, 0.717) is 12.8 Å². The van der Waals surface area contributed by atoms with Crippen LogP contribution in [0, 0.1) is 0 Å². The summed E-state index contributed by atoms with van der Waals surface area (Å²) in [6, 6.07) is 4.68. The summed E-state index contributed by atoms with van der Waals surface area (Å²) in [6.45, 7) is 0.749. The fourth-order valence-corrected chi connectivity index (χ4v) is 2.88. The molecule has 1 heterocycles. The molecule has 1 atom stereocenters. The smallest absolute Gasteiger partial charge is 0.449 e. The molecule has 1 aromatic carbocycles. The van der Waals surface area contributed by atoms with Gasteiger partial charge in [0.05, 0.1) is 11.0 Å². The first-order chi connectivity index (χ1) is 11.7. The number of nitrogens with zero attached hydrogens (tertiary/aromatic N) is 3. The van der Waals surface area contributed by atoms with E-state index in [1.807, 2.05) is 0 Å². The zero-order valence-corrected chi connectivity index (χ0v) is 13.3. The van der Waals surface area contributed by atoms with Gasteiger partial charge in [0.15, 0.2) is 0 Å². The number of amides is 1. The third-order valence-electron chi connectivity index (χ3n) is 4.20. The maximum atomic E-state index is 13.3. The highest BCUT2D eigenvalue weighted by Gasteiger charge is 2.41. The highest BCUT2D eigenvalue weighted by atomic mass is 19.4. The SMILES string of the molecule is CC(C(=O)O)N(C(=O)Cn1c(C(F)(F)F)nc2ccccc21)C1CC1. The Hall–Kier alpha value is -2.58. The van der Waals surface area contributed by atoms with E-state index in [1.54, 1.807) is 12.1 Å². The molecule has 2 aromatic rings. The van der Waals surface area contributed by atoms with E-state index in [-0.39, 0.29) is 17.1 Å². The normalized spacial score (nSPS) is 16.0. The van der Waals surface area contributed by atoms with Gasteiger partial charge in [-0.15, -0.1) is 0 Å². The first-order valence-electron chi connectivity index (χ1n) is 7.76. The van der Waals surface area contributed by atoms with Crippen molar-refractivity contribution in [3.63, 3.8) is 0 Å². The van der Waals surface area contributed by atoms with Gasteiger partial charge in [-0.25, -0.2) is 9.78 Å². The van der Waals surface area contributed by atoms with Crippen LogP contribution in [0.4, 0.5) is 13.2 Å². The number of halogens is 3. The second-order valence-corrected chi connectivity index (χ2v) is 6.05. The van der Waals surface area contributed by atoms with Gasteiger partial charge in [-0.1, -0.05) is 12.1 Å². The molecule has 0 aliphatic heterocycles. The highest BCUT2D eigenvalue weighted by molar-refractivity contribution is 5.85. The number of carbonyl (C=O) groups is 2. The molecule has 3 rings (SSSR count). The second kappa shape index (κ2) is 6.05. The van der Waals surface area contributed by atoms with Crippen LogP contribution in [0.3, 0.4) is 0 Å². The third-order valence-corrected chi connectivity index (χ3v) is 4.20. The maximum Gasteiger partial charge on any atom is 0.449 e. The fourth-order valence-electron chi connectivity index (χ4n) is 2.88. The number of carbonyl (C=O) groups excluding carboxylic acids is 1. The van der Waals surface area contributed by atoms with Crippen molar-refractivity contribution >= 4 is 22.9 Å². The second-order valence-electron chi connectivity index (χ2n) is 6.05. The molecule has 0 radical (unpaired) electrons. The maximum absolute atomic E-state index is 13.3. The Kier molecular flexibility index (Phi) is 4.18. The molecular formula is C16H16F3N3O3. The number of para-hydroxylation sites is 2. The molecule has 134 valence electrons. The monoisotopic (exact) mass is 355 g/mol. The van der Waals surface area contributed by atoms with E-state index in [4.69, 9.17) is 5.11 Å². The summed E-state index contributed by atoms with van der Waals surface area (Å²) in [5, 5.41) is 9.17. The first kappa shape index (κ1) is 17.2. The van der Waals surface area contributed by atoms with Gasteiger partial charge in [-0.05, 0) is 31.9 Å². The molecule has 25 heavy (non-hydrogen) atoms. The van der Waals surface area contributed by atoms with Crippen LogP contribution in [-0.2, 0) is 22.3 Å². The topological polar surface area (TPSA) is 75.4 Å². The molecule has 9 heteroatoms. The number of alkyl halides is 3. The van der Waals surface area contributed by atoms with Gasteiger partial charge in [0.2, 0.25) is 11.7 Å². The molecule has 1 aromatic heterocycles. The number of benzene rings is 1. The Bertz CT molecular complexity index is 827. The number of rotatable bonds is 5. The van der Waals surface area contributed by atoms with Crippen molar-refractivity contribution in [2.24, 2.45) is 0 Å². The predicted octanol–water partition coefficient (Wildman–Crippen LogP) is 2.52. The molecule has 0 saturated heterocycles. The van der Waals surface area contributed by atoms with E-state index in [9.17, 15) is 22.8 Å². The standard InChI is InChI=1S/C16H16F3N3O3/c1-9(14(24)25)22(10-6-7-10)13(23)8-21-12-5-3-2-4-11(12)20-15(21)16(17,18)19/h2-5,9-10H,6-8H2,1H3,(H,24,25). The number of hydrogen-bond acceptors (Lipinski definition) is 3. The van der Waals surface area contributed by atoms with Gasteiger partial charge < -0.3 is 14.6 Å². The lowest BCUT2D eigenvalue weighted by atomic mass is 10.2. The summed E-state index contributed by atoms with van der Waals surface area (Å²) in [4.78, 5) is 28.6. The average molecular weight is 355 g/mol. The van der Waals surface area contributed by atoms with E-state index in [2.05, 4.69) is 4.98 Å². The lowest BCUT2D eigenvalue weighted by Gasteiger charge is -2.27. The number of aliphatic carboxylic acids is 1. The van der Waals surface area contributed by atoms with Crippen LogP contribution in [0.1, 0.15) is 25.6 Å². The van der Waals surface area contributed by atoms with Crippen LogP contribution in [-0.4, -0.2) is 43.5 Å². The van der Waals surface area contributed by atoms with E-state index < -0.39 is 36.5 Å². The Morgan fingerprint density at radius 2 is 2.00 bits per heavy atom. The minimum Gasteiger partial charge on any atom is -0.480 e. The van der Waals surface area contributed by atoms with Crippen LogP contribution in [0.5, 0.6) is 0 Å². The van der Waals surface area contributed by atoms with Crippen LogP contribution in [0.15, 0.2) is 24.3 Å². The number of carboxylic acids is 1. The Morgan fingerprint density at radius 3 is 2.56 bits per heavy atom. The molecule has 1 fully saturated rings. The molecule has 1 aliphatic rings. The molecule has 6 nitrogen and oxygen atoms in total. The van der Waals surface area contributed by atoms with Gasteiger partial charge >= 0.3 is 12.1 Å². The zero-order chi connectivity index (χ0) is 18.4. The lowest BCUT2D eigenvalue weighted by Crippen LogP contribution is -2.46. The summed E-state index contributed by atoms with van der Waals surface area (Å²) in [6.07, 6.45) is -3.41. The zero-order valence-electron chi connectivity index (χ0n) is 13.3. The molecule has 1 amide bonds. The molecule has 1 unspecified atom stereocenters. The van der Waals surface area contributed by atoms with Crippen LogP contribution in [0.25, 0.3) is 11.0 Å². The number of imidazole rings is 1. The van der Waals surface area contributed by atoms with Crippen molar-refractivity contribution in [3.05, 3.63) is 30.1 Å². The van der Waals surface area contributed by atoms with Crippen molar-refractivity contribution in [3.8, 4) is 0 Å². The van der Waals surface area contributed by atoms with Gasteiger partial charge in [0, 0.05) is 6.04 Å². The van der Waals surface area contributed by atoms with Crippen molar-refractivity contribution in [1.82, 2.24) is 14.5 Å². The van der Waals surface area contributed by atoms with E-state index >= 15 is 0 Å². The molecule has 1 aliphatic carbocycles. The van der Waals surface area contributed by atoms with Gasteiger partial charge in [-0.2, -0.15) is 13.2 Å². The van der Waals surface area contributed by atoms with Gasteiger partial charge in [0.1, 0.15) is 12.6 Å². The van der Waals surface area contributed by atoms with Gasteiger partial charge in [-0.3, -0.25) is 4.79 Å². The van der Waals surface area contributed by atoms with Crippen molar-refractivity contribution < 1.29 is 27.9 Å². The average Bonchev–Trinajstić information content (AvgIpc) is 3.28. The van der Waals surface area contributed by atoms with Crippen LogP contribution in [0.2, 0.25) is 0 Å².